The summed E-state index contributed by atoms with van der Waals surface area (Å²) in [5.74, 6) is -0.0843. The first-order chi connectivity index (χ1) is 19.0. The number of amides is 1. The molecule has 1 aliphatic heterocycles. The van der Waals surface area contributed by atoms with Crippen LogP contribution in [0.4, 0.5) is 26.3 Å². The Labute approximate surface area is 226 Å². The summed E-state index contributed by atoms with van der Waals surface area (Å²) in [5, 5.41) is 0. The monoisotopic (exact) mass is 557 g/mol. The van der Waals surface area contributed by atoms with Crippen molar-refractivity contribution in [3.63, 3.8) is 0 Å². The number of rotatable bonds is 5. The molecule has 1 fully saturated rings. The topological polar surface area (TPSA) is 38.1 Å². The summed E-state index contributed by atoms with van der Waals surface area (Å²) >= 11 is 0. The van der Waals surface area contributed by atoms with Crippen molar-refractivity contribution in [2.24, 2.45) is 0 Å². The van der Waals surface area contributed by atoms with Gasteiger partial charge in [-0.3, -0.25) is 4.79 Å². The van der Waals surface area contributed by atoms with Crippen molar-refractivity contribution >= 4 is 5.91 Å². The number of benzene rings is 3. The Hall–Kier alpha value is -4.08. The number of likely N-dealkylation sites (tertiary alicyclic amines) is 1. The number of hydrogen-bond donors (Lipinski definition) is 0. The number of halogens is 6. The Morgan fingerprint density at radius 1 is 0.800 bits per heavy atom. The van der Waals surface area contributed by atoms with E-state index in [0.717, 1.165) is 17.0 Å². The predicted octanol–water partition coefficient (Wildman–Crippen LogP) is 7.19. The molecular formula is C30H25F6N3O. The summed E-state index contributed by atoms with van der Waals surface area (Å²) in [6.07, 6.45) is -5.69. The first kappa shape index (κ1) is 27.5. The summed E-state index contributed by atoms with van der Waals surface area (Å²) in [7, 11) is 0. The van der Waals surface area contributed by atoms with Crippen LogP contribution in [0, 0.1) is 0 Å². The number of carbonyl (C=O) groups is 1. The van der Waals surface area contributed by atoms with Gasteiger partial charge in [0.25, 0.3) is 5.91 Å². The van der Waals surface area contributed by atoms with Crippen LogP contribution in [-0.2, 0) is 24.3 Å². The first-order valence-electron chi connectivity index (χ1n) is 12.7. The van der Waals surface area contributed by atoms with E-state index in [-0.39, 0.29) is 19.2 Å². The average Bonchev–Trinajstić information content (AvgIpc) is 3.41. The number of hydrogen-bond acceptors (Lipinski definition) is 2. The minimum absolute atomic E-state index is 0.0278. The Bertz CT molecular complexity index is 1440. The van der Waals surface area contributed by atoms with Crippen molar-refractivity contribution in [3.8, 4) is 0 Å². The van der Waals surface area contributed by atoms with Crippen LogP contribution in [0.15, 0.2) is 91.3 Å². The maximum atomic E-state index is 13.4. The second-order valence-electron chi connectivity index (χ2n) is 9.90. The largest absolute Gasteiger partial charge is 0.416 e. The lowest BCUT2D eigenvalue weighted by molar-refractivity contribution is -0.143. The molecule has 2 heterocycles. The third-order valence-corrected chi connectivity index (χ3v) is 7.40. The second-order valence-corrected chi connectivity index (χ2v) is 9.90. The van der Waals surface area contributed by atoms with E-state index < -0.39 is 40.4 Å². The lowest BCUT2D eigenvalue weighted by atomic mass is 9.71. The minimum atomic E-state index is -5.03. The van der Waals surface area contributed by atoms with Crippen molar-refractivity contribution in [3.05, 3.63) is 125 Å². The van der Waals surface area contributed by atoms with Crippen LogP contribution in [0.2, 0.25) is 0 Å². The van der Waals surface area contributed by atoms with Crippen LogP contribution in [0.5, 0.6) is 0 Å². The number of alkyl halides is 6. The highest BCUT2D eigenvalue weighted by atomic mass is 19.4. The second kappa shape index (κ2) is 10.5. The van der Waals surface area contributed by atoms with Gasteiger partial charge in [-0.1, -0.05) is 60.7 Å². The van der Waals surface area contributed by atoms with E-state index in [0.29, 0.717) is 31.5 Å². The predicted molar refractivity (Wildman–Crippen MR) is 137 cm³/mol. The van der Waals surface area contributed by atoms with Gasteiger partial charge in [-0.05, 0) is 42.2 Å². The zero-order chi connectivity index (χ0) is 28.5. The van der Waals surface area contributed by atoms with E-state index in [1.807, 2.05) is 71.4 Å². The van der Waals surface area contributed by atoms with Gasteiger partial charge >= 0.3 is 12.4 Å². The third-order valence-electron chi connectivity index (χ3n) is 7.40. The SMILES string of the molecule is O=C(c1cc(C(F)(F)F)cc(C(F)(F)F)c1)N1CCC(c2ccccc2)(c2nccn2Cc2ccccc2)CC1. The molecule has 0 N–H and O–H groups in total. The number of aromatic nitrogens is 2. The molecule has 0 aliphatic carbocycles. The van der Waals surface area contributed by atoms with Gasteiger partial charge in [0.15, 0.2) is 0 Å². The molecule has 0 atom stereocenters. The van der Waals surface area contributed by atoms with E-state index in [2.05, 4.69) is 0 Å². The number of piperidine rings is 1. The molecular weight excluding hydrogens is 532 g/mol. The van der Waals surface area contributed by atoms with Crippen molar-refractivity contribution < 1.29 is 31.1 Å². The first-order valence-corrected chi connectivity index (χ1v) is 12.7. The average molecular weight is 558 g/mol. The molecule has 208 valence electrons. The van der Waals surface area contributed by atoms with Crippen molar-refractivity contribution in [2.75, 3.05) is 13.1 Å². The van der Waals surface area contributed by atoms with Gasteiger partial charge in [-0.25, -0.2) is 4.98 Å². The summed E-state index contributed by atoms with van der Waals surface area (Å²) in [6, 6.07) is 20.5. The lowest BCUT2D eigenvalue weighted by Crippen LogP contribution is -2.47. The Kier molecular flexibility index (Phi) is 7.20. The highest BCUT2D eigenvalue weighted by molar-refractivity contribution is 5.94. The highest BCUT2D eigenvalue weighted by Gasteiger charge is 2.43. The third kappa shape index (κ3) is 5.48. The summed E-state index contributed by atoms with van der Waals surface area (Å²) in [4.78, 5) is 19.3. The highest BCUT2D eigenvalue weighted by Crippen LogP contribution is 2.42. The van der Waals surface area contributed by atoms with Crippen LogP contribution in [0.25, 0.3) is 0 Å². The maximum absolute atomic E-state index is 13.4. The number of nitrogens with zero attached hydrogens (tertiary/aromatic N) is 3. The molecule has 0 radical (unpaired) electrons. The lowest BCUT2D eigenvalue weighted by Gasteiger charge is -2.42. The van der Waals surface area contributed by atoms with Gasteiger partial charge in [-0.15, -0.1) is 0 Å². The summed E-state index contributed by atoms with van der Waals surface area (Å²) in [5.41, 5.74) is -2.22. The van der Waals surface area contributed by atoms with Crippen molar-refractivity contribution in [1.29, 1.82) is 0 Å². The molecule has 0 spiro atoms. The molecule has 4 aromatic rings. The molecule has 0 saturated carbocycles. The number of carbonyl (C=O) groups excluding carboxylic acids is 1. The molecule has 10 heteroatoms. The zero-order valence-electron chi connectivity index (χ0n) is 21.2. The van der Waals surface area contributed by atoms with Crippen LogP contribution >= 0.6 is 0 Å². The van der Waals surface area contributed by atoms with Gasteiger partial charge in [-0.2, -0.15) is 26.3 Å². The normalized spacial score (nSPS) is 15.7. The molecule has 1 aromatic heterocycles. The Balaban J connectivity index is 1.46. The summed E-state index contributed by atoms with van der Waals surface area (Å²) in [6.45, 7) is 0.824. The molecule has 4 nitrogen and oxygen atoms in total. The minimum Gasteiger partial charge on any atom is -0.339 e. The number of imidazole rings is 1. The fraction of sp³-hybridized carbons (Fsp3) is 0.267. The van der Waals surface area contributed by atoms with Crippen molar-refractivity contribution in [2.45, 2.75) is 37.2 Å². The van der Waals surface area contributed by atoms with Gasteiger partial charge in [0.05, 0.1) is 16.5 Å². The Morgan fingerprint density at radius 2 is 1.35 bits per heavy atom. The van der Waals surface area contributed by atoms with Gasteiger partial charge in [0.2, 0.25) is 0 Å². The molecule has 1 aliphatic rings. The Morgan fingerprint density at radius 3 is 1.90 bits per heavy atom. The zero-order valence-corrected chi connectivity index (χ0v) is 21.2. The van der Waals surface area contributed by atoms with E-state index in [4.69, 9.17) is 4.98 Å². The standard InChI is InChI=1S/C30H25F6N3O/c31-29(32,33)24-17-22(18-25(19-24)30(34,35)36)26(40)38-14-11-28(12-15-38,23-9-5-2-6-10-23)27-37-13-16-39(27)20-21-7-3-1-4-8-21/h1-10,13,16-19H,11-12,14-15,20H2. The molecule has 0 unspecified atom stereocenters. The van der Waals surface area contributed by atoms with Crippen LogP contribution in [0.3, 0.4) is 0 Å². The quantitative estimate of drug-likeness (QED) is 0.244. The van der Waals surface area contributed by atoms with E-state index in [1.165, 1.54) is 4.90 Å². The molecule has 1 amide bonds. The summed E-state index contributed by atoms with van der Waals surface area (Å²) < 4.78 is 82.3. The van der Waals surface area contributed by atoms with Gasteiger partial charge in [0.1, 0.15) is 5.82 Å². The smallest absolute Gasteiger partial charge is 0.339 e. The molecule has 40 heavy (non-hydrogen) atoms. The van der Waals surface area contributed by atoms with E-state index in [9.17, 15) is 31.1 Å². The van der Waals surface area contributed by atoms with Crippen LogP contribution in [0.1, 0.15) is 51.3 Å². The van der Waals surface area contributed by atoms with Crippen LogP contribution in [-0.4, -0.2) is 33.4 Å². The van der Waals surface area contributed by atoms with Gasteiger partial charge < -0.3 is 9.47 Å². The fourth-order valence-corrected chi connectivity index (χ4v) is 5.39. The molecule has 0 bridgehead atoms. The van der Waals surface area contributed by atoms with E-state index in [1.54, 1.807) is 6.20 Å². The maximum Gasteiger partial charge on any atom is 0.416 e. The van der Waals surface area contributed by atoms with Crippen LogP contribution < -0.4 is 0 Å². The molecule has 3 aromatic carbocycles. The van der Waals surface area contributed by atoms with E-state index >= 15 is 0 Å². The molecule has 5 rings (SSSR count). The molecule has 1 saturated heterocycles. The van der Waals surface area contributed by atoms with Gasteiger partial charge in [0, 0.05) is 37.6 Å². The fourth-order valence-electron chi connectivity index (χ4n) is 5.39. The van der Waals surface area contributed by atoms with Crippen molar-refractivity contribution in [1.82, 2.24) is 14.5 Å².